The second kappa shape index (κ2) is 14.5. The van der Waals surface area contributed by atoms with Gasteiger partial charge in [0.25, 0.3) is 0 Å². The van der Waals surface area contributed by atoms with Gasteiger partial charge in [0.15, 0.2) is 12.7 Å². The smallest absolute Gasteiger partial charge is 0.425 e. The molecule has 0 saturated carbocycles. The summed E-state index contributed by atoms with van der Waals surface area (Å²) in [5, 5.41) is 0. The van der Waals surface area contributed by atoms with Crippen LogP contribution in [0.15, 0.2) is 0 Å². The van der Waals surface area contributed by atoms with Crippen molar-refractivity contribution in [1.82, 2.24) is 0 Å². The van der Waals surface area contributed by atoms with Crippen LogP contribution in [0.2, 0.25) is 0 Å². The van der Waals surface area contributed by atoms with Crippen LogP contribution in [0.25, 0.3) is 0 Å². The van der Waals surface area contributed by atoms with Crippen LogP contribution in [-0.2, 0) is 33.3 Å². The van der Waals surface area contributed by atoms with Crippen molar-refractivity contribution in [1.29, 1.82) is 0 Å². The molecule has 0 aromatic heterocycles. The van der Waals surface area contributed by atoms with Gasteiger partial charge in [-0.1, -0.05) is 41.5 Å². The minimum Gasteiger partial charge on any atom is -0.453 e. The molecule has 0 heterocycles. The lowest BCUT2D eigenvalue weighted by Crippen LogP contribution is -2.39. The van der Waals surface area contributed by atoms with Gasteiger partial charge in [-0.05, 0) is 46.5 Å². The maximum absolute atomic E-state index is 12.6. The molecule has 0 spiro atoms. The van der Waals surface area contributed by atoms with Crippen LogP contribution in [-0.4, -0.2) is 50.2 Å². The fourth-order valence-electron chi connectivity index (χ4n) is 2.09. The topological polar surface area (TPSA) is 88.1 Å². The van der Waals surface area contributed by atoms with E-state index in [-0.39, 0.29) is 11.9 Å². The molecule has 10 heteroatoms. The van der Waals surface area contributed by atoms with Gasteiger partial charge >= 0.3 is 24.1 Å². The number of alkyl halides is 3. The summed E-state index contributed by atoms with van der Waals surface area (Å²) in [6, 6.07) is 0. The molecule has 202 valence electrons. The largest absolute Gasteiger partial charge is 0.453 e. The third-order valence-corrected chi connectivity index (χ3v) is 5.38. The maximum Gasteiger partial charge on any atom is 0.425 e. The molecule has 0 aliphatic rings. The standard InChI is InChI=1S/C13H21F3O4.C11H22O3/c1-6-12(4,5)11(18)19-7-9(17)20-10(8(2)3)13(14,15)16;1-7-11(4,5)10(12)14-9(13-6)8(2)3/h8,10H,6-7H2,1-5H3;8-9H,7H2,1-6H3. The predicted molar refractivity (Wildman–Crippen MR) is 122 cm³/mol. The molecule has 2 atom stereocenters. The van der Waals surface area contributed by atoms with Crippen LogP contribution in [0.3, 0.4) is 0 Å². The number of carbonyl (C=O) groups is 3. The van der Waals surface area contributed by atoms with Crippen LogP contribution in [0, 0.1) is 22.7 Å². The lowest BCUT2D eigenvalue weighted by Gasteiger charge is -2.26. The number of hydrogen-bond acceptors (Lipinski definition) is 7. The normalized spacial score (nSPS) is 14.1. The molecular formula is C24H43F3O7. The minimum atomic E-state index is -4.64. The molecule has 0 N–H and O–H groups in total. The summed E-state index contributed by atoms with van der Waals surface area (Å²) in [6.45, 7) is 16.4. The van der Waals surface area contributed by atoms with Crippen molar-refractivity contribution in [2.24, 2.45) is 22.7 Å². The zero-order valence-corrected chi connectivity index (χ0v) is 22.4. The summed E-state index contributed by atoms with van der Waals surface area (Å²) in [6.07, 6.45) is -6.03. The van der Waals surface area contributed by atoms with Crippen molar-refractivity contribution < 1.29 is 46.5 Å². The Hall–Kier alpha value is -1.84. The van der Waals surface area contributed by atoms with Crippen LogP contribution < -0.4 is 0 Å². The molecule has 0 radical (unpaired) electrons. The van der Waals surface area contributed by atoms with E-state index in [9.17, 15) is 27.6 Å². The Morgan fingerprint density at radius 3 is 1.53 bits per heavy atom. The maximum atomic E-state index is 12.6. The Kier molecular flexibility index (Phi) is 14.7. The van der Waals surface area contributed by atoms with Gasteiger partial charge in [-0.2, -0.15) is 13.2 Å². The van der Waals surface area contributed by atoms with E-state index >= 15 is 0 Å². The van der Waals surface area contributed by atoms with E-state index in [1.807, 2.05) is 34.6 Å². The molecule has 0 amide bonds. The predicted octanol–water partition coefficient (Wildman–Crippen LogP) is 5.69. The molecular weight excluding hydrogens is 457 g/mol. The fourth-order valence-corrected chi connectivity index (χ4v) is 2.09. The average molecular weight is 501 g/mol. The Morgan fingerprint density at radius 1 is 0.765 bits per heavy atom. The van der Waals surface area contributed by atoms with Crippen LogP contribution >= 0.6 is 0 Å². The SMILES string of the molecule is CCC(C)(C)C(=O)OC(OC)C(C)C.CCC(C)(C)C(=O)OCC(=O)OC(C(C)C)C(F)(F)F. The lowest BCUT2D eigenvalue weighted by atomic mass is 9.90. The number of esters is 3. The summed E-state index contributed by atoms with van der Waals surface area (Å²) in [7, 11) is 1.55. The average Bonchev–Trinajstić information content (AvgIpc) is 2.72. The quantitative estimate of drug-likeness (QED) is 0.205. The van der Waals surface area contributed by atoms with Crippen molar-refractivity contribution in [2.75, 3.05) is 13.7 Å². The molecule has 0 bridgehead atoms. The second-order valence-electron chi connectivity index (χ2n) is 10.0. The molecule has 2 unspecified atom stereocenters. The lowest BCUT2D eigenvalue weighted by molar-refractivity contribution is -0.233. The van der Waals surface area contributed by atoms with Crippen molar-refractivity contribution in [3.8, 4) is 0 Å². The summed E-state index contributed by atoms with van der Waals surface area (Å²) in [4.78, 5) is 34.6. The van der Waals surface area contributed by atoms with E-state index in [0.717, 1.165) is 6.42 Å². The fraction of sp³-hybridized carbons (Fsp3) is 0.875. The van der Waals surface area contributed by atoms with E-state index in [1.54, 1.807) is 27.9 Å². The zero-order valence-electron chi connectivity index (χ0n) is 22.4. The highest BCUT2D eigenvalue weighted by atomic mass is 19.4. The highest BCUT2D eigenvalue weighted by Gasteiger charge is 2.45. The monoisotopic (exact) mass is 500 g/mol. The van der Waals surface area contributed by atoms with Gasteiger partial charge in [-0.3, -0.25) is 9.59 Å². The van der Waals surface area contributed by atoms with Crippen molar-refractivity contribution >= 4 is 17.9 Å². The third-order valence-electron chi connectivity index (χ3n) is 5.38. The van der Waals surface area contributed by atoms with Gasteiger partial charge in [-0.15, -0.1) is 0 Å². The second-order valence-corrected chi connectivity index (χ2v) is 10.0. The Bertz CT molecular complexity index is 641. The first-order valence-corrected chi connectivity index (χ1v) is 11.4. The molecule has 0 rings (SSSR count). The number of hydrogen-bond donors (Lipinski definition) is 0. The molecule has 0 aliphatic heterocycles. The van der Waals surface area contributed by atoms with Gasteiger partial charge in [0.05, 0.1) is 10.8 Å². The van der Waals surface area contributed by atoms with E-state index in [1.165, 1.54) is 13.8 Å². The van der Waals surface area contributed by atoms with Gasteiger partial charge in [-0.25, -0.2) is 4.79 Å². The van der Waals surface area contributed by atoms with Crippen molar-refractivity contribution in [2.45, 2.75) is 101 Å². The van der Waals surface area contributed by atoms with E-state index in [2.05, 4.69) is 9.47 Å². The number of rotatable bonds is 11. The molecule has 0 aliphatic carbocycles. The van der Waals surface area contributed by atoms with Crippen molar-refractivity contribution in [3.63, 3.8) is 0 Å². The summed E-state index contributed by atoms with van der Waals surface area (Å²) < 4.78 is 57.1. The summed E-state index contributed by atoms with van der Waals surface area (Å²) in [5.74, 6) is -2.79. The Morgan fingerprint density at radius 2 is 1.21 bits per heavy atom. The van der Waals surface area contributed by atoms with E-state index in [0.29, 0.717) is 6.42 Å². The van der Waals surface area contributed by atoms with Crippen molar-refractivity contribution in [3.05, 3.63) is 0 Å². The molecule has 0 aromatic carbocycles. The first-order chi connectivity index (χ1) is 15.3. The van der Waals surface area contributed by atoms with E-state index < -0.39 is 53.9 Å². The van der Waals surface area contributed by atoms with Gasteiger partial charge < -0.3 is 18.9 Å². The zero-order chi connectivity index (χ0) is 27.5. The first-order valence-electron chi connectivity index (χ1n) is 11.4. The Balaban J connectivity index is 0. The van der Waals surface area contributed by atoms with Gasteiger partial charge in [0.1, 0.15) is 0 Å². The van der Waals surface area contributed by atoms with Crippen LogP contribution in [0.5, 0.6) is 0 Å². The number of carbonyl (C=O) groups excluding carboxylic acids is 3. The Labute approximate surface area is 202 Å². The van der Waals surface area contributed by atoms with Crippen LogP contribution in [0.4, 0.5) is 13.2 Å². The highest BCUT2D eigenvalue weighted by Crippen LogP contribution is 2.28. The van der Waals surface area contributed by atoms with Gasteiger partial charge in [0, 0.05) is 13.0 Å². The molecule has 7 nitrogen and oxygen atoms in total. The first kappa shape index (κ1) is 34.3. The van der Waals surface area contributed by atoms with Crippen LogP contribution in [0.1, 0.15) is 82.1 Å². The number of halogens is 3. The number of methoxy groups -OCH3 is 1. The summed E-state index contributed by atoms with van der Waals surface area (Å²) >= 11 is 0. The van der Waals surface area contributed by atoms with Gasteiger partial charge in [0.2, 0.25) is 6.29 Å². The third kappa shape index (κ3) is 12.6. The molecule has 34 heavy (non-hydrogen) atoms. The molecule has 0 aromatic rings. The minimum absolute atomic E-state index is 0.177. The highest BCUT2D eigenvalue weighted by molar-refractivity contribution is 5.79. The van der Waals surface area contributed by atoms with E-state index in [4.69, 9.17) is 9.47 Å². The molecule has 0 fully saturated rings. The molecule has 0 saturated heterocycles. The summed E-state index contributed by atoms with van der Waals surface area (Å²) in [5.41, 5.74) is -1.21. The number of ether oxygens (including phenoxy) is 4.